The van der Waals surface area contributed by atoms with Crippen LogP contribution in [0.15, 0.2) is 24.3 Å². The second-order valence-corrected chi connectivity index (χ2v) is 6.35. The highest BCUT2D eigenvalue weighted by molar-refractivity contribution is 5.37. The number of nitrogens with one attached hydrogen (secondary N) is 1. The largest absolute Gasteiger partial charge is 0.496 e. The first-order valence-electron chi connectivity index (χ1n) is 7.82. The number of methoxy groups -OCH3 is 1. The molecule has 1 heterocycles. The quantitative estimate of drug-likeness (QED) is 0.872. The molecule has 1 aliphatic heterocycles. The number of benzene rings is 1. The predicted octanol–water partition coefficient (Wildman–Crippen LogP) is 2.07. The molecule has 4 nitrogen and oxygen atoms in total. The second kappa shape index (κ2) is 5.95. The normalized spacial score (nSPS) is 35.5. The van der Waals surface area contributed by atoms with Crippen molar-refractivity contribution >= 4 is 0 Å². The highest BCUT2D eigenvalue weighted by atomic mass is 16.5. The molecule has 2 N–H and O–H groups in total. The van der Waals surface area contributed by atoms with Crippen molar-refractivity contribution in [2.45, 2.75) is 49.9 Å². The molecular formula is C17H25NO3. The second-order valence-electron chi connectivity index (χ2n) is 6.35. The van der Waals surface area contributed by atoms with Crippen molar-refractivity contribution in [3.63, 3.8) is 0 Å². The summed E-state index contributed by atoms with van der Waals surface area (Å²) in [5.74, 6) is 1.54. The molecule has 0 spiro atoms. The van der Waals surface area contributed by atoms with Gasteiger partial charge in [-0.2, -0.15) is 0 Å². The van der Waals surface area contributed by atoms with Gasteiger partial charge in [-0.1, -0.05) is 18.2 Å². The number of rotatable bonds is 5. The first kappa shape index (κ1) is 14.8. The van der Waals surface area contributed by atoms with Gasteiger partial charge >= 0.3 is 0 Å². The van der Waals surface area contributed by atoms with E-state index >= 15 is 0 Å². The molecule has 1 saturated carbocycles. The molecular weight excluding hydrogens is 266 g/mol. The van der Waals surface area contributed by atoms with Gasteiger partial charge < -0.3 is 19.9 Å². The standard InChI is InChI=1S/C17H25NO3/c1-12-17(19,7-8-21-12)11-18-14-9-13(10-14)15-5-3-4-6-16(15)20-2/h3-6,12-14,18-19H,7-11H2,1-2H3. The number of para-hydroxylation sites is 1. The highest BCUT2D eigenvalue weighted by Gasteiger charge is 2.41. The Morgan fingerprint density at radius 2 is 2.14 bits per heavy atom. The van der Waals surface area contributed by atoms with Crippen molar-refractivity contribution in [3.05, 3.63) is 29.8 Å². The fourth-order valence-corrected chi connectivity index (χ4v) is 3.37. The molecule has 0 radical (unpaired) electrons. The maximum absolute atomic E-state index is 10.5. The van der Waals surface area contributed by atoms with Crippen LogP contribution in [0.2, 0.25) is 0 Å². The van der Waals surface area contributed by atoms with Crippen LogP contribution in [0.1, 0.15) is 37.7 Å². The fraction of sp³-hybridized carbons (Fsp3) is 0.647. The number of hydrogen-bond acceptors (Lipinski definition) is 4. The third-order valence-electron chi connectivity index (χ3n) is 5.07. The minimum absolute atomic E-state index is 0.0740. The van der Waals surface area contributed by atoms with Gasteiger partial charge in [0.1, 0.15) is 11.4 Å². The van der Waals surface area contributed by atoms with Crippen LogP contribution >= 0.6 is 0 Å². The maximum Gasteiger partial charge on any atom is 0.122 e. The Labute approximate surface area is 126 Å². The Balaban J connectivity index is 1.50. The zero-order chi connectivity index (χ0) is 14.9. The van der Waals surface area contributed by atoms with Crippen LogP contribution in [0.5, 0.6) is 5.75 Å². The van der Waals surface area contributed by atoms with E-state index in [2.05, 4.69) is 17.4 Å². The minimum Gasteiger partial charge on any atom is -0.496 e. The van der Waals surface area contributed by atoms with Gasteiger partial charge in [0, 0.05) is 25.6 Å². The topological polar surface area (TPSA) is 50.7 Å². The minimum atomic E-state index is -0.699. The van der Waals surface area contributed by atoms with E-state index in [1.165, 1.54) is 5.56 Å². The lowest BCUT2D eigenvalue weighted by Crippen LogP contribution is -2.51. The monoisotopic (exact) mass is 291 g/mol. The van der Waals surface area contributed by atoms with Crippen LogP contribution in [0, 0.1) is 0 Å². The van der Waals surface area contributed by atoms with Crippen LogP contribution in [-0.4, -0.2) is 43.1 Å². The molecule has 1 saturated heterocycles. The number of hydrogen-bond donors (Lipinski definition) is 2. The van der Waals surface area contributed by atoms with E-state index in [4.69, 9.17) is 9.47 Å². The van der Waals surface area contributed by atoms with Crippen molar-refractivity contribution in [3.8, 4) is 5.75 Å². The average Bonchev–Trinajstić information content (AvgIpc) is 2.77. The van der Waals surface area contributed by atoms with E-state index in [1.54, 1.807) is 7.11 Å². The third-order valence-corrected chi connectivity index (χ3v) is 5.07. The molecule has 1 aromatic carbocycles. The summed E-state index contributed by atoms with van der Waals surface area (Å²) in [7, 11) is 1.73. The van der Waals surface area contributed by atoms with E-state index < -0.39 is 5.60 Å². The Morgan fingerprint density at radius 1 is 1.38 bits per heavy atom. The molecule has 1 aromatic rings. The summed E-state index contributed by atoms with van der Waals surface area (Å²) in [6.07, 6.45) is 2.86. The summed E-state index contributed by atoms with van der Waals surface area (Å²) in [6.45, 7) is 3.23. The Morgan fingerprint density at radius 3 is 2.81 bits per heavy atom. The van der Waals surface area contributed by atoms with Gasteiger partial charge in [-0.3, -0.25) is 0 Å². The Kier molecular flexibility index (Phi) is 4.20. The highest BCUT2D eigenvalue weighted by Crippen LogP contribution is 2.41. The SMILES string of the molecule is COc1ccccc1C1CC(NCC2(O)CCOC2C)C1. The Bertz CT molecular complexity index is 487. The first-order chi connectivity index (χ1) is 10.1. The third kappa shape index (κ3) is 2.93. The molecule has 21 heavy (non-hydrogen) atoms. The van der Waals surface area contributed by atoms with Crippen LogP contribution in [0.4, 0.5) is 0 Å². The number of aliphatic hydroxyl groups is 1. The molecule has 2 aliphatic rings. The predicted molar refractivity (Wildman–Crippen MR) is 81.7 cm³/mol. The molecule has 116 valence electrons. The van der Waals surface area contributed by atoms with Gasteiger partial charge in [0.15, 0.2) is 0 Å². The van der Waals surface area contributed by atoms with Crippen molar-refractivity contribution in [2.75, 3.05) is 20.3 Å². The Hall–Kier alpha value is -1.10. The van der Waals surface area contributed by atoms with Gasteiger partial charge in [0.25, 0.3) is 0 Å². The molecule has 2 unspecified atom stereocenters. The molecule has 3 rings (SSSR count). The lowest BCUT2D eigenvalue weighted by molar-refractivity contribution is -0.0295. The van der Waals surface area contributed by atoms with Crippen LogP contribution in [0.3, 0.4) is 0 Å². The first-order valence-corrected chi connectivity index (χ1v) is 7.82. The lowest BCUT2D eigenvalue weighted by Gasteiger charge is -2.39. The van der Waals surface area contributed by atoms with Gasteiger partial charge in [-0.05, 0) is 37.3 Å². The molecule has 0 aromatic heterocycles. The van der Waals surface area contributed by atoms with E-state index in [0.29, 0.717) is 25.1 Å². The molecule has 4 heteroatoms. The van der Waals surface area contributed by atoms with Gasteiger partial charge in [0.2, 0.25) is 0 Å². The summed E-state index contributed by atoms with van der Waals surface area (Å²) in [5.41, 5.74) is 0.601. The number of ether oxygens (including phenoxy) is 2. The van der Waals surface area contributed by atoms with Crippen LogP contribution in [-0.2, 0) is 4.74 Å². The molecule has 2 fully saturated rings. The maximum atomic E-state index is 10.5. The summed E-state index contributed by atoms with van der Waals surface area (Å²) < 4.78 is 10.9. The van der Waals surface area contributed by atoms with Crippen molar-refractivity contribution in [1.82, 2.24) is 5.32 Å². The van der Waals surface area contributed by atoms with Crippen LogP contribution < -0.4 is 10.1 Å². The molecule has 0 amide bonds. The molecule has 0 bridgehead atoms. The average molecular weight is 291 g/mol. The van der Waals surface area contributed by atoms with Gasteiger partial charge in [0.05, 0.1) is 13.2 Å². The van der Waals surface area contributed by atoms with E-state index in [9.17, 15) is 5.11 Å². The van der Waals surface area contributed by atoms with E-state index in [0.717, 1.165) is 25.0 Å². The van der Waals surface area contributed by atoms with Gasteiger partial charge in [-0.15, -0.1) is 0 Å². The van der Waals surface area contributed by atoms with E-state index in [1.807, 2.05) is 19.1 Å². The summed E-state index contributed by atoms with van der Waals surface area (Å²) in [4.78, 5) is 0. The van der Waals surface area contributed by atoms with Gasteiger partial charge in [-0.25, -0.2) is 0 Å². The smallest absolute Gasteiger partial charge is 0.122 e. The zero-order valence-corrected chi connectivity index (χ0v) is 12.8. The van der Waals surface area contributed by atoms with Crippen molar-refractivity contribution in [2.24, 2.45) is 0 Å². The summed E-state index contributed by atoms with van der Waals surface area (Å²) in [5, 5.41) is 14.0. The lowest BCUT2D eigenvalue weighted by atomic mass is 9.75. The van der Waals surface area contributed by atoms with Crippen LogP contribution in [0.25, 0.3) is 0 Å². The van der Waals surface area contributed by atoms with Crippen molar-refractivity contribution < 1.29 is 14.6 Å². The van der Waals surface area contributed by atoms with E-state index in [-0.39, 0.29) is 6.10 Å². The summed E-state index contributed by atoms with van der Waals surface area (Å²) >= 11 is 0. The fourth-order valence-electron chi connectivity index (χ4n) is 3.37. The summed E-state index contributed by atoms with van der Waals surface area (Å²) in [6, 6.07) is 8.74. The zero-order valence-electron chi connectivity index (χ0n) is 12.8. The van der Waals surface area contributed by atoms with Crippen molar-refractivity contribution in [1.29, 1.82) is 0 Å². The molecule has 2 atom stereocenters. The molecule has 1 aliphatic carbocycles.